The second-order valence-corrected chi connectivity index (χ2v) is 10.8. The summed E-state index contributed by atoms with van der Waals surface area (Å²) < 4.78 is 10.8. The van der Waals surface area contributed by atoms with Crippen LogP contribution in [0, 0.1) is 6.92 Å². The van der Waals surface area contributed by atoms with Crippen molar-refractivity contribution in [3.63, 3.8) is 0 Å². The number of aryl methyl sites for hydroxylation is 1. The van der Waals surface area contributed by atoms with Gasteiger partial charge < -0.3 is 20.1 Å². The van der Waals surface area contributed by atoms with Crippen LogP contribution in [0.4, 0.5) is 17.1 Å². The first-order valence-electron chi connectivity index (χ1n) is 12.8. The maximum Gasteiger partial charge on any atom is 0.283 e. The van der Waals surface area contributed by atoms with Crippen LogP contribution in [0.15, 0.2) is 106 Å². The summed E-state index contributed by atoms with van der Waals surface area (Å²) >= 11 is 7.07. The molecule has 8 nitrogen and oxygen atoms in total. The molecule has 10 heteroatoms. The maximum absolute atomic E-state index is 13.8. The summed E-state index contributed by atoms with van der Waals surface area (Å²) in [5.74, 6) is -0.446. The van der Waals surface area contributed by atoms with Crippen LogP contribution in [0.1, 0.15) is 15.9 Å². The minimum atomic E-state index is -0.515. The van der Waals surface area contributed by atoms with Gasteiger partial charge in [-0.25, -0.2) is 4.90 Å². The normalized spacial score (nSPS) is 12.9. The summed E-state index contributed by atoms with van der Waals surface area (Å²) in [6.45, 7) is 1.97. The van der Waals surface area contributed by atoms with E-state index >= 15 is 0 Å². The number of amides is 3. The number of carbonyl (C=O) groups excluding carboxylic acids is 3. The zero-order valence-corrected chi connectivity index (χ0v) is 24.5. The molecule has 0 saturated carbocycles. The molecule has 0 saturated heterocycles. The standard InChI is InChI=1S/C32H26ClN3O5S/c1-19-4-10-22(11-5-19)34-28-29(32(39)36(31(28)38)26-17-14-24(40-2)18-27(26)41-3)42-25-15-12-23(13-16-25)35-30(37)20-6-8-21(33)9-7-20/h4-18,34H,1-3H3,(H,35,37). The zero-order valence-electron chi connectivity index (χ0n) is 22.9. The van der Waals surface area contributed by atoms with Gasteiger partial charge in [0.2, 0.25) is 0 Å². The molecule has 0 radical (unpaired) electrons. The SMILES string of the molecule is COc1ccc(N2C(=O)C(Nc3ccc(C)cc3)=C(Sc3ccc(NC(=O)c4ccc(Cl)cc4)cc3)C2=O)c(OC)c1. The van der Waals surface area contributed by atoms with Gasteiger partial charge >= 0.3 is 0 Å². The highest BCUT2D eigenvalue weighted by Crippen LogP contribution is 2.41. The van der Waals surface area contributed by atoms with Crippen LogP contribution in [0.5, 0.6) is 11.5 Å². The third kappa shape index (κ3) is 6.12. The Kier molecular flexibility index (Phi) is 8.51. The molecule has 3 amide bonds. The van der Waals surface area contributed by atoms with E-state index in [4.69, 9.17) is 21.1 Å². The number of rotatable bonds is 9. The van der Waals surface area contributed by atoms with E-state index in [1.807, 2.05) is 31.2 Å². The number of hydrogen-bond donors (Lipinski definition) is 2. The number of ether oxygens (including phenoxy) is 2. The zero-order chi connectivity index (χ0) is 29.8. The molecule has 0 aromatic heterocycles. The van der Waals surface area contributed by atoms with Gasteiger partial charge in [0.1, 0.15) is 22.1 Å². The first kappa shape index (κ1) is 28.8. The monoisotopic (exact) mass is 599 g/mol. The van der Waals surface area contributed by atoms with Crippen LogP contribution >= 0.6 is 23.4 Å². The minimum absolute atomic E-state index is 0.145. The van der Waals surface area contributed by atoms with E-state index in [2.05, 4.69) is 10.6 Å². The third-order valence-corrected chi connectivity index (χ3v) is 7.77. The molecule has 5 rings (SSSR count). The fraction of sp³-hybridized carbons (Fsp3) is 0.0938. The van der Waals surface area contributed by atoms with Crippen molar-refractivity contribution < 1.29 is 23.9 Å². The maximum atomic E-state index is 13.8. The molecule has 2 N–H and O–H groups in total. The van der Waals surface area contributed by atoms with E-state index < -0.39 is 11.8 Å². The third-order valence-electron chi connectivity index (χ3n) is 6.43. The average Bonchev–Trinajstić information content (AvgIpc) is 3.22. The fourth-order valence-corrected chi connectivity index (χ4v) is 5.27. The number of carbonyl (C=O) groups is 3. The predicted octanol–water partition coefficient (Wildman–Crippen LogP) is 6.91. The number of methoxy groups -OCH3 is 2. The van der Waals surface area contributed by atoms with Gasteiger partial charge in [0, 0.05) is 32.9 Å². The molecule has 0 unspecified atom stereocenters. The van der Waals surface area contributed by atoms with E-state index in [-0.39, 0.29) is 16.5 Å². The molecule has 0 spiro atoms. The molecule has 1 heterocycles. The Hall–Kier alpha value is -4.73. The minimum Gasteiger partial charge on any atom is -0.497 e. The van der Waals surface area contributed by atoms with Gasteiger partial charge in [-0.2, -0.15) is 0 Å². The van der Waals surface area contributed by atoms with Gasteiger partial charge in [0.25, 0.3) is 17.7 Å². The lowest BCUT2D eigenvalue weighted by Crippen LogP contribution is -2.32. The van der Waals surface area contributed by atoms with Crippen molar-refractivity contribution in [3.8, 4) is 11.5 Å². The van der Waals surface area contributed by atoms with Gasteiger partial charge in [-0.05, 0) is 79.7 Å². The quantitative estimate of drug-likeness (QED) is 0.202. The van der Waals surface area contributed by atoms with Crippen LogP contribution in [0.3, 0.4) is 0 Å². The lowest BCUT2D eigenvalue weighted by Gasteiger charge is -2.19. The van der Waals surface area contributed by atoms with Gasteiger partial charge in [-0.3, -0.25) is 14.4 Å². The van der Waals surface area contributed by atoms with Crippen molar-refractivity contribution in [2.45, 2.75) is 11.8 Å². The summed E-state index contributed by atoms with van der Waals surface area (Å²) in [6.07, 6.45) is 0. The number of benzene rings is 4. The van der Waals surface area contributed by atoms with Crippen LogP contribution in [-0.4, -0.2) is 31.9 Å². The second kappa shape index (κ2) is 12.4. The molecule has 1 aliphatic rings. The summed E-state index contributed by atoms with van der Waals surface area (Å²) in [7, 11) is 2.99. The van der Waals surface area contributed by atoms with Gasteiger partial charge in [-0.1, -0.05) is 41.1 Å². The van der Waals surface area contributed by atoms with Crippen molar-refractivity contribution in [1.82, 2.24) is 0 Å². The molecule has 42 heavy (non-hydrogen) atoms. The Labute approximate surface area is 252 Å². The van der Waals surface area contributed by atoms with Crippen molar-refractivity contribution in [1.29, 1.82) is 0 Å². The lowest BCUT2D eigenvalue weighted by atomic mass is 10.2. The number of imide groups is 1. The van der Waals surface area contributed by atoms with E-state index in [9.17, 15) is 14.4 Å². The molecule has 1 aliphatic heterocycles. The highest BCUT2D eigenvalue weighted by atomic mass is 35.5. The lowest BCUT2D eigenvalue weighted by molar-refractivity contribution is -0.120. The Morgan fingerprint density at radius 3 is 2.12 bits per heavy atom. The number of hydrogen-bond acceptors (Lipinski definition) is 7. The Bertz CT molecular complexity index is 1690. The molecule has 212 valence electrons. The predicted molar refractivity (Wildman–Crippen MR) is 166 cm³/mol. The van der Waals surface area contributed by atoms with Crippen molar-refractivity contribution in [2.75, 3.05) is 29.8 Å². The van der Waals surface area contributed by atoms with Gasteiger partial charge in [-0.15, -0.1) is 0 Å². The smallest absolute Gasteiger partial charge is 0.283 e. The number of nitrogens with one attached hydrogen (secondary N) is 2. The number of nitrogens with zero attached hydrogens (tertiary/aromatic N) is 1. The molecule has 0 atom stereocenters. The van der Waals surface area contributed by atoms with Crippen molar-refractivity contribution >= 4 is 58.1 Å². The molecule has 4 aromatic carbocycles. The number of halogens is 1. The summed E-state index contributed by atoms with van der Waals surface area (Å²) in [5, 5.41) is 6.54. The largest absolute Gasteiger partial charge is 0.497 e. The Morgan fingerprint density at radius 2 is 1.48 bits per heavy atom. The van der Waals surface area contributed by atoms with E-state index in [1.54, 1.807) is 66.7 Å². The number of anilines is 3. The van der Waals surface area contributed by atoms with Gasteiger partial charge in [0.05, 0.1) is 19.9 Å². The summed E-state index contributed by atoms with van der Waals surface area (Å²) in [5.41, 5.74) is 3.22. The topological polar surface area (TPSA) is 97.0 Å². The first-order valence-corrected chi connectivity index (χ1v) is 14.0. The summed E-state index contributed by atoms with van der Waals surface area (Å²) in [6, 6.07) is 26.0. The Balaban J connectivity index is 1.43. The van der Waals surface area contributed by atoms with Crippen LogP contribution in [-0.2, 0) is 9.59 Å². The molecule has 0 fully saturated rings. The van der Waals surface area contributed by atoms with E-state index in [1.165, 1.54) is 14.2 Å². The van der Waals surface area contributed by atoms with Crippen LogP contribution in [0.2, 0.25) is 5.02 Å². The summed E-state index contributed by atoms with van der Waals surface area (Å²) in [4.78, 5) is 42.2. The molecular weight excluding hydrogens is 574 g/mol. The highest BCUT2D eigenvalue weighted by molar-refractivity contribution is 8.04. The van der Waals surface area contributed by atoms with Crippen molar-refractivity contribution in [2.24, 2.45) is 0 Å². The Morgan fingerprint density at radius 1 is 0.810 bits per heavy atom. The highest BCUT2D eigenvalue weighted by Gasteiger charge is 2.41. The second-order valence-electron chi connectivity index (χ2n) is 9.27. The van der Waals surface area contributed by atoms with E-state index in [0.717, 1.165) is 22.2 Å². The van der Waals surface area contributed by atoms with Gasteiger partial charge in [0.15, 0.2) is 0 Å². The number of thioether (sulfide) groups is 1. The van der Waals surface area contributed by atoms with Crippen LogP contribution in [0.25, 0.3) is 0 Å². The van der Waals surface area contributed by atoms with Crippen molar-refractivity contribution in [3.05, 3.63) is 118 Å². The molecular formula is C32H26ClN3O5S. The average molecular weight is 600 g/mol. The van der Waals surface area contributed by atoms with Crippen LogP contribution < -0.4 is 25.0 Å². The first-order chi connectivity index (χ1) is 20.3. The fourth-order valence-electron chi connectivity index (χ4n) is 4.21. The molecule has 4 aromatic rings. The molecule has 0 bridgehead atoms. The molecule has 0 aliphatic carbocycles. The van der Waals surface area contributed by atoms with E-state index in [0.29, 0.717) is 44.0 Å².